The number of carbonyl (C=O) groups excluding carboxylic acids is 2. The average Bonchev–Trinajstić information content (AvgIpc) is 3.16. The minimum absolute atomic E-state index is 0.0873. The summed E-state index contributed by atoms with van der Waals surface area (Å²) in [6.07, 6.45) is 1.54. The number of benzene rings is 1. The van der Waals surface area contributed by atoms with Gasteiger partial charge in [-0.15, -0.1) is 0 Å². The molecule has 0 spiro atoms. The molecule has 1 atom stereocenters. The van der Waals surface area contributed by atoms with Crippen LogP contribution >= 0.6 is 0 Å². The van der Waals surface area contributed by atoms with Gasteiger partial charge < -0.3 is 24.5 Å². The number of rotatable bonds is 8. The van der Waals surface area contributed by atoms with Crippen LogP contribution in [-0.4, -0.2) is 32.1 Å². The third-order valence-corrected chi connectivity index (χ3v) is 3.90. The summed E-state index contributed by atoms with van der Waals surface area (Å²) in [7, 11) is 3.02. The Morgan fingerprint density at radius 3 is 2.42 bits per heavy atom. The third-order valence-electron chi connectivity index (χ3n) is 3.90. The molecule has 0 saturated carbocycles. The fourth-order valence-corrected chi connectivity index (χ4v) is 2.43. The standard InChI is InChI=1S/C19H24N2O5/c1-12(2)17(19(23)20-11-14-6-5-9-26-14)21-18(22)13-7-8-15(24-3)16(10-13)25-4/h5-10,12,17H,11H2,1-4H3,(H,20,23)(H,21,22)/t17-/m1/s1. The van der Waals surface area contributed by atoms with E-state index in [0.29, 0.717) is 22.8 Å². The van der Waals surface area contributed by atoms with Crippen molar-refractivity contribution in [3.05, 3.63) is 47.9 Å². The molecule has 0 aliphatic heterocycles. The molecule has 140 valence electrons. The molecule has 2 aromatic rings. The molecule has 7 heteroatoms. The molecule has 0 radical (unpaired) electrons. The van der Waals surface area contributed by atoms with E-state index in [1.54, 1.807) is 36.6 Å². The lowest BCUT2D eigenvalue weighted by Gasteiger charge is -2.21. The van der Waals surface area contributed by atoms with E-state index in [4.69, 9.17) is 13.9 Å². The Balaban J connectivity index is 2.06. The Morgan fingerprint density at radius 1 is 1.12 bits per heavy atom. The molecule has 26 heavy (non-hydrogen) atoms. The maximum Gasteiger partial charge on any atom is 0.252 e. The number of furan rings is 1. The predicted octanol–water partition coefficient (Wildman–Crippen LogP) is 2.37. The molecule has 2 amide bonds. The van der Waals surface area contributed by atoms with Gasteiger partial charge in [0.15, 0.2) is 11.5 Å². The smallest absolute Gasteiger partial charge is 0.252 e. The fourth-order valence-electron chi connectivity index (χ4n) is 2.43. The van der Waals surface area contributed by atoms with E-state index in [1.165, 1.54) is 14.2 Å². The number of nitrogens with one attached hydrogen (secondary N) is 2. The molecule has 0 saturated heterocycles. The Bertz CT molecular complexity index is 740. The summed E-state index contributed by atoms with van der Waals surface area (Å²) in [6.45, 7) is 4.00. The van der Waals surface area contributed by atoms with Crippen molar-refractivity contribution in [3.8, 4) is 11.5 Å². The quantitative estimate of drug-likeness (QED) is 0.754. The maximum atomic E-state index is 12.6. The van der Waals surface area contributed by atoms with Gasteiger partial charge in [-0.3, -0.25) is 9.59 Å². The molecule has 7 nitrogen and oxygen atoms in total. The van der Waals surface area contributed by atoms with Crippen LogP contribution in [0.25, 0.3) is 0 Å². The van der Waals surface area contributed by atoms with Crippen molar-refractivity contribution in [1.82, 2.24) is 10.6 Å². The second kappa shape index (κ2) is 8.94. The first-order valence-corrected chi connectivity index (χ1v) is 8.29. The zero-order chi connectivity index (χ0) is 19.1. The molecule has 1 aromatic heterocycles. The van der Waals surface area contributed by atoms with E-state index in [-0.39, 0.29) is 24.3 Å². The largest absolute Gasteiger partial charge is 0.493 e. The molecule has 2 N–H and O–H groups in total. The van der Waals surface area contributed by atoms with Crippen LogP contribution in [0, 0.1) is 5.92 Å². The van der Waals surface area contributed by atoms with Gasteiger partial charge in [0, 0.05) is 5.56 Å². The van der Waals surface area contributed by atoms with E-state index in [9.17, 15) is 9.59 Å². The monoisotopic (exact) mass is 360 g/mol. The summed E-state index contributed by atoms with van der Waals surface area (Å²) in [6, 6.07) is 7.69. The Kier molecular flexibility index (Phi) is 6.66. The van der Waals surface area contributed by atoms with Gasteiger partial charge in [-0.05, 0) is 36.2 Å². The highest BCUT2D eigenvalue weighted by molar-refractivity contribution is 5.98. The molecule has 0 aliphatic carbocycles. The lowest BCUT2D eigenvalue weighted by molar-refractivity contribution is -0.124. The van der Waals surface area contributed by atoms with Crippen LogP contribution in [0.4, 0.5) is 0 Å². The van der Waals surface area contributed by atoms with Crippen molar-refractivity contribution in [2.45, 2.75) is 26.4 Å². The molecule has 1 aromatic carbocycles. The topological polar surface area (TPSA) is 89.8 Å². The number of hydrogen-bond donors (Lipinski definition) is 2. The highest BCUT2D eigenvalue weighted by Crippen LogP contribution is 2.27. The number of ether oxygens (including phenoxy) is 2. The maximum absolute atomic E-state index is 12.6. The second-order valence-electron chi connectivity index (χ2n) is 6.06. The van der Waals surface area contributed by atoms with Gasteiger partial charge in [0.2, 0.25) is 5.91 Å². The van der Waals surface area contributed by atoms with Crippen molar-refractivity contribution < 1.29 is 23.5 Å². The number of hydrogen-bond acceptors (Lipinski definition) is 5. The van der Waals surface area contributed by atoms with E-state index in [0.717, 1.165) is 0 Å². The van der Waals surface area contributed by atoms with Gasteiger partial charge in [0.05, 0.1) is 27.0 Å². The van der Waals surface area contributed by atoms with Crippen LogP contribution in [0.3, 0.4) is 0 Å². The summed E-state index contributed by atoms with van der Waals surface area (Å²) in [5.74, 6) is 0.898. The third kappa shape index (κ3) is 4.78. The van der Waals surface area contributed by atoms with Crippen LogP contribution < -0.4 is 20.1 Å². The summed E-state index contributed by atoms with van der Waals surface area (Å²) in [4.78, 5) is 25.0. The Morgan fingerprint density at radius 2 is 1.85 bits per heavy atom. The van der Waals surface area contributed by atoms with E-state index in [1.807, 2.05) is 13.8 Å². The second-order valence-corrected chi connectivity index (χ2v) is 6.06. The molecule has 2 rings (SSSR count). The van der Waals surface area contributed by atoms with Gasteiger partial charge in [0.1, 0.15) is 11.8 Å². The average molecular weight is 360 g/mol. The van der Waals surface area contributed by atoms with Crippen molar-refractivity contribution >= 4 is 11.8 Å². The van der Waals surface area contributed by atoms with Crippen molar-refractivity contribution in [1.29, 1.82) is 0 Å². The first-order valence-electron chi connectivity index (χ1n) is 8.29. The lowest BCUT2D eigenvalue weighted by Crippen LogP contribution is -2.49. The zero-order valence-electron chi connectivity index (χ0n) is 15.4. The summed E-state index contributed by atoms with van der Waals surface area (Å²) in [5.41, 5.74) is 0.382. The molecule has 0 bridgehead atoms. The Hall–Kier alpha value is -2.96. The molecular weight excluding hydrogens is 336 g/mol. The number of carbonyl (C=O) groups is 2. The van der Waals surface area contributed by atoms with Crippen molar-refractivity contribution in [2.75, 3.05) is 14.2 Å². The minimum Gasteiger partial charge on any atom is -0.493 e. The van der Waals surface area contributed by atoms with Crippen LogP contribution in [0.15, 0.2) is 41.0 Å². The van der Waals surface area contributed by atoms with Crippen LogP contribution in [0.1, 0.15) is 30.0 Å². The summed E-state index contributed by atoms with van der Waals surface area (Å²) >= 11 is 0. The number of methoxy groups -OCH3 is 2. The molecule has 0 fully saturated rings. The normalized spacial score (nSPS) is 11.7. The highest BCUT2D eigenvalue weighted by atomic mass is 16.5. The van der Waals surface area contributed by atoms with Gasteiger partial charge in [-0.1, -0.05) is 13.8 Å². The van der Waals surface area contributed by atoms with E-state index >= 15 is 0 Å². The van der Waals surface area contributed by atoms with Gasteiger partial charge >= 0.3 is 0 Å². The van der Waals surface area contributed by atoms with Gasteiger partial charge in [-0.25, -0.2) is 0 Å². The van der Waals surface area contributed by atoms with E-state index < -0.39 is 6.04 Å². The van der Waals surface area contributed by atoms with E-state index in [2.05, 4.69) is 10.6 Å². The Labute approximate surface area is 152 Å². The summed E-state index contributed by atoms with van der Waals surface area (Å²) in [5, 5.41) is 5.55. The summed E-state index contributed by atoms with van der Waals surface area (Å²) < 4.78 is 15.6. The SMILES string of the molecule is COc1ccc(C(=O)N[C@@H](C(=O)NCc2ccco2)C(C)C)cc1OC. The highest BCUT2D eigenvalue weighted by Gasteiger charge is 2.25. The predicted molar refractivity (Wildman–Crippen MR) is 96.2 cm³/mol. The first-order chi connectivity index (χ1) is 12.5. The van der Waals surface area contributed by atoms with Crippen LogP contribution in [0.5, 0.6) is 11.5 Å². The molecular formula is C19H24N2O5. The number of amides is 2. The van der Waals surface area contributed by atoms with Crippen LogP contribution in [-0.2, 0) is 11.3 Å². The fraction of sp³-hybridized carbons (Fsp3) is 0.368. The van der Waals surface area contributed by atoms with Crippen molar-refractivity contribution in [3.63, 3.8) is 0 Å². The lowest BCUT2D eigenvalue weighted by atomic mass is 10.0. The molecule has 1 heterocycles. The first kappa shape index (κ1) is 19.4. The van der Waals surface area contributed by atoms with Crippen LogP contribution in [0.2, 0.25) is 0 Å². The zero-order valence-corrected chi connectivity index (χ0v) is 15.4. The van der Waals surface area contributed by atoms with Crippen molar-refractivity contribution in [2.24, 2.45) is 5.92 Å². The molecule has 0 unspecified atom stereocenters. The molecule has 0 aliphatic rings. The van der Waals surface area contributed by atoms with Gasteiger partial charge in [0.25, 0.3) is 5.91 Å². The minimum atomic E-state index is -0.675. The van der Waals surface area contributed by atoms with Gasteiger partial charge in [-0.2, -0.15) is 0 Å².